The van der Waals surface area contributed by atoms with Crippen molar-refractivity contribution in [3.05, 3.63) is 37.2 Å². The third-order valence-electron chi connectivity index (χ3n) is 11.8. The number of hydrogen-bond acceptors (Lipinski definition) is 8. The highest BCUT2D eigenvalue weighted by molar-refractivity contribution is 8.00. The summed E-state index contributed by atoms with van der Waals surface area (Å²) < 4.78 is 31.4. The topological polar surface area (TPSA) is 122 Å². The average molecular weight is 775 g/mol. The molecule has 3 saturated carbocycles. The lowest BCUT2D eigenvalue weighted by atomic mass is 9.44. The van der Waals surface area contributed by atoms with E-state index in [1.54, 1.807) is 27.9 Å². The van der Waals surface area contributed by atoms with Gasteiger partial charge in [0.15, 0.2) is 22.2 Å². The van der Waals surface area contributed by atoms with Gasteiger partial charge in [0, 0.05) is 53.3 Å². The molecule has 0 radical (unpaired) electrons. The third kappa shape index (κ3) is 6.76. The average Bonchev–Trinajstić information content (AvgIpc) is 3.35. The number of aromatic nitrogens is 1. The number of carbonyl (C=O) groups is 3. The van der Waals surface area contributed by atoms with Gasteiger partial charge in [0.05, 0.1) is 23.4 Å². The number of hydrogen-bond donors (Lipinski definition) is 1. The maximum Gasteiger partial charge on any atom is 0.316 e. The van der Waals surface area contributed by atoms with Crippen LogP contribution in [-0.2, 0) is 35.5 Å². The number of Topliss-reactive ketones (excluding diaryl/α,β-unsaturated/α-hetero) is 1. The Morgan fingerprint density at radius 2 is 1.82 bits per heavy atom. The summed E-state index contributed by atoms with van der Waals surface area (Å²) in [6.45, 7) is 13.0. The van der Waals surface area contributed by atoms with Crippen molar-refractivity contribution in [1.82, 2.24) is 4.90 Å². The Hall–Kier alpha value is -1.51. The first-order valence-corrected chi connectivity index (χ1v) is 18.6. The molecular formula is C33H47IN2O7S2. The lowest BCUT2D eigenvalue weighted by Gasteiger charge is -2.61. The van der Waals surface area contributed by atoms with E-state index in [1.165, 1.54) is 11.8 Å². The molecule has 0 aromatic carbocycles. The summed E-state index contributed by atoms with van der Waals surface area (Å²) in [6, 6.07) is 3.68. The first-order chi connectivity index (χ1) is 20.6. The van der Waals surface area contributed by atoms with Crippen LogP contribution >= 0.6 is 11.8 Å². The minimum absolute atomic E-state index is 0. The Kier molecular flexibility index (Phi) is 10.9. The van der Waals surface area contributed by atoms with Crippen molar-refractivity contribution in [2.45, 2.75) is 83.4 Å². The van der Waals surface area contributed by atoms with Crippen molar-refractivity contribution in [2.24, 2.45) is 34.0 Å². The molecule has 4 aliphatic rings. The van der Waals surface area contributed by atoms with Gasteiger partial charge in [-0.15, -0.1) is 18.3 Å². The predicted octanol–water partition coefficient (Wildman–Crippen LogP) is 0.234. The number of pyridine rings is 1. The maximum absolute atomic E-state index is 13.6. The van der Waals surface area contributed by atoms with E-state index < -0.39 is 32.9 Å². The molecule has 3 aliphatic carbocycles. The number of nitrogens with zero attached hydrogens (tertiary/aromatic N) is 2. The van der Waals surface area contributed by atoms with Gasteiger partial charge in [0.25, 0.3) is 5.91 Å². The second-order valence-corrected chi connectivity index (χ2v) is 17.4. The molecule has 2 heterocycles. The lowest BCUT2D eigenvalue weighted by molar-refractivity contribution is -0.685. The summed E-state index contributed by atoms with van der Waals surface area (Å²) in [7, 11) is -3.05. The van der Waals surface area contributed by atoms with Gasteiger partial charge in [-0.1, -0.05) is 33.8 Å². The number of amides is 1. The van der Waals surface area contributed by atoms with E-state index in [9.17, 15) is 27.9 Å². The first kappa shape index (κ1) is 36.3. The number of esters is 1. The molecule has 2 bridgehead atoms. The highest BCUT2D eigenvalue weighted by Crippen LogP contribution is 2.68. The molecule has 1 saturated heterocycles. The Balaban J connectivity index is 0.00000461. The predicted molar refractivity (Wildman–Crippen MR) is 167 cm³/mol. The number of aliphatic hydroxyl groups is 1. The van der Waals surface area contributed by atoms with Crippen LogP contribution in [0.3, 0.4) is 0 Å². The molecule has 12 heteroatoms. The molecule has 5 rings (SSSR count). The van der Waals surface area contributed by atoms with E-state index in [1.807, 2.05) is 19.1 Å². The zero-order valence-electron chi connectivity index (χ0n) is 26.7. The molecule has 4 fully saturated rings. The number of ketones is 1. The van der Waals surface area contributed by atoms with E-state index in [0.29, 0.717) is 12.8 Å². The van der Waals surface area contributed by atoms with Crippen LogP contribution in [0.5, 0.6) is 0 Å². The summed E-state index contributed by atoms with van der Waals surface area (Å²) in [5.74, 6) is -0.344. The normalized spacial score (nSPS) is 37.4. The van der Waals surface area contributed by atoms with Crippen molar-refractivity contribution in [1.29, 1.82) is 0 Å². The van der Waals surface area contributed by atoms with Gasteiger partial charge in [-0.3, -0.25) is 14.4 Å². The van der Waals surface area contributed by atoms with Crippen LogP contribution < -0.4 is 28.5 Å². The minimum Gasteiger partial charge on any atom is -1.00 e. The molecule has 1 N–H and O–H groups in total. The van der Waals surface area contributed by atoms with Gasteiger partial charge in [-0.2, -0.15) is 4.57 Å². The molecular weight excluding hydrogens is 727 g/mol. The van der Waals surface area contributed by atoms with Gasteiger partial charge < -0.3 is 38.7 Å². The number of thioether (sulfide) groups is 1. The zero-order valence-corrected chi connectivity index (χ0v) is 30.5. The summed E-state index contributed by atoms with van der Waals surface area (Å²) in [4.78, 5) is 42.1. The van der Waals surface area contributed by atoms with Crippen LogP contribution in [0.15, 0.2) is 42.1 Å². The molecule has 9 nitrogen and oxygen atoms in total. The zero-order chi connectivity index (χ0) is 32.1. The van der Waals surface area contributed by atoms with E-state index in [0.717, 1.165) is 24.2 Å². The minimum atomic E-state index is -3.05. The van der Waals surface area contributed by atoms with Crippen LogP contribution in [0, 0.1) is 34.0 Å². The summed E-state index contributed by atoms with van der Waals surface area (Å²) in [5, 5.41) is 11.7. The molecule has 8 atom stereocenters. The fraction of sp³-hybridized carbons (Fsp3) is 0.697. The second kappa shape index (κ2) is 13.5. The Morgan fingerprint density at radius 1 is 1.18 bits per heavy atom. The van der Waals surface area contributed by atoms with Gasteiger partial charge >= 0.3 is 5.97 Å². The fourth-order valence-electron chi connectivity index (χ4n) is 8.70. The third-order valence-corrected chi connectivity index (χ3v) is 14.4. The highest BCUT2D eigenvalue weighted by Gasteiger charge is 2.68. The number of carbonyl (C=O) groups excluding carboxylic acids is 3. The smallest absolute Gasteiger partial charge is 0.316 e. The molecule has 45 heavy (non-hydrogen) atoms. The van der Waals surface area contributed by atoms with Crippen molar-refractivity contribution in [3.8, 4) is 0 Å². The van der Waals surface area contributed by atoms with Crippen molar-refractivity contribution >= 4 is 39.3 Å². The van der Waals surface area contributed by atoms with Crippen molar-refractivity contribution in [2.75, 3.05) is 30.3 Å². The lowest BCUT2D eigenvalue weighted by Crippen LogP contribution is -3.00. The number of rotatable bonds is 7. The van der Waals surface area contributed by atoms with Gasteiger partial charge in [0.2, 0.25) is 6.54 Å². The van der Waals surface area contributed by atoms with Crippen LogP contribution in [0.1, 0.15) is 59.8 Å². The van der Waals surface area contributed by atoms with Crippen LogP contribution in [0.2, 0.25) is 0 Å². The molecule has 0 unspecified atom stereocenters. The fourth-order valence-corrected chi connectivity index (χ4v) is 10.6. The maximum atomic E-state index is 13.6. The molecule has 1 aromatic rings. The second-order valence-electron chi connectivity index (χ2n) is 14.1. The highest BCUT2D eigenvalue weighted by atomic mass is 127. The number of aliphatic hydroxyl groups excluding tert-OH is 1. The van der Waals surface area contributed by atoms with Crippen LogP contribution in [0.4, 0.5) is 0 Å². The largest absolute Gasteiger partial charge is 1.00 e. The summed E-state index contributed by atoms with van der Waals surface area (Å²) in [6.07, 6.45) is 7.59. The summed E-state index contributed by atoms with van der Waals surface area (Å²) >= 11 is 1.34. The van der Waals surface area contributed by atoms with Gasteiger partial charge in [-0.25, -0.2) is 8.42 Å². The Morgan fingerprint density at radius 3 is 2.44 bits per heavy atom. The monoisotopic (exact) mass is 774 g/mol. The van der Waals surface area contributed by atoms with Crippen LogP contribution in [-0.4, -0.2) is 78.6 Å². The Bertz CT molecular complexity index is 1410. The van der Waals surface area contributed by atoms with Gasteiger partial charge in [-0.05, 0) is 42.9 Å². The standard InChI is InChI=1S/C33H47N2O7S2.HI/c1-6-31(4)19-26(32(5)22(2)7-11-33(23(3)30(31)39)12-8-25(36)29(32)33)42-28(38)21-43-24-9-13-34(14-10-24)20-27(37)35-15-17-44(40,41)18-16-35;/h6,9-10,13-14,22-23,26,29-30,39H,1,7-8,11-12,15-21H2,2-5H3;1H/q+1;/p-1/t22-,23+,26-,29+,30+,31-,32+,33+;/m1./s1. The van der Waals surface area contributed by atoms with E-state index in [-0.39, 0.29) is 102 Å². The SMILES string of the molecule is C=C[C@]1(C)C[C@@H](OC(=O)CSc2cc[n+](CC(=O)N3CCS(=O)(=O)CC3)cc2)[C@]2(C)[C@H](C)CC[C@]3(CCC(=O)[C@H]32)[C@@H](C)[C@@H]1O.[I-]. The van der Waals surface area contributed by atoms with Crippen molar-refractivity contribution in [3.63, 3.8) is 0 Å². The molecule has 1 aromatic heterocycles. The molecule has 1 amide bonds. The first-order valence-electron chi connectivity index (χ1n) is 15.8. The van der Waals surface area contributed by atoms with Gasteiger partial charge in [0.1, 0.15) is 11.9 Å². The quantitative estimate of drug-likeness (QED) is 0.138. The van der Waals surface area contributed by atoms with E-state index in [4.69, 9.17) is 4.74 Å². The number of halogens is 1. The van der Waals surface area contributed by atoms with E-state index >= 15 is 0 Å². The molecule has 0 spiro atoms. The van der Waals surface area contributed by atoms with Crippen LogP contribution in [0.25, 0.3) is 0 Å². The Labute approximate surface area is 288 Å². The van der Waals surface area contributed by atoms with Crippen molar-refractivity contribution < 1.29 is 61.2 Å². The molecule has 1 aliphatic heterocycles. The summed E-state index contributed by atoms with van der Waals surface area (Å²) in [5.41, 5.74) is -1.53. The molecule has 250 valence electrons. The number of ether oxygens (including phenoxy) is 1. The number of sulfone groups is 1. The van der Waals surface area contributed by atoms with E-state index in [2.05, 4.69) is 27.4 Å².